The Morgan fingerprint density at radius 1 is 1.50 bits per heavy atom. The minimum Gasteiger partial charge on any atom is -0.392 e. The molecule has 2 nitrogen and oxygen atoms in total. The van der Waals surface area contributed by atoms with E-state index < -0.39 is 0 Å². The van der Waals surface area contributed by atoms with E-state index in [1.54, 1.807) is 0 Å². The van der Waals surface area contributed by atoms with E-state index in [2.05, 4.69) is 5.32 Å². The summed E-state index contributed by atoms with van der Waals surface area (Å²) in [6.45, 7) is 0.819. The van der Waals surface area contributed by atoms with E-state index in [4.69, 9.17) is 5.11 Å². The summed E-state index contributed by atoms with van der Waals surface area (Å²) in [5.74, 6) is 0. The highest BCUT2D eigenvalue weighted by molar-refractivity contribution is 5.07. The molecule has 1 aliphatic carbocycles. The Bertz CT molecular complexity index is 109. The van der Waals surface area contributed by atoms with Gasteiger partial charge in [0.25, 0.3) is 0 Å². The fraction of sp³-hybridized carbons (Fsp3) is 1.00. The average Bonchev–Trinajstić information content (AvgIpc) is 2.34. The van der Waals surface area contributed by atoms with Crippen LogP contribution in [0.15, 0.2) is 0 Å². The fourth-order valence-electron chi connectivity index (χ4n) is 1.46. The molecule has 1 aliphatic heterocycles. The van der Waals surface area contributed by atoms with Crippen LogP contribution in [0.5, 0.6) is 0 Å². The molecule has 0 radical (unpaired) electrons. The monoisotopic (exact) mass is 113 g/mol. The second-order valence-electron chi connectivity index (χ2n) is 3.02. The molecule has 1 saturated heterocycles. The summed E-state index contributed by atoms with van der Waals surface area (Å²) in [5, 5.41) is 12.3. The van der Waals surface area contributed by atoms with Gasteiger partial charge in [-0.25, -0.2) is 0 Å². The molecule has 0 aromatic heterocycles. The number of aliphatic hydroxyl groups excluding tert-OH is 1. The number of nitrogens with one attached hydrogen (secondary N) is 1. The Morgan fingerprint density at radius 3 is 2.50 bits per heavy atom. The van der Waals surface area contributed by atoms with Gasteiger partial charge in [0.2, 0.25) is 0 Å². The van der Waals surface area contributed by atoms with Crippen molar-refractivity contribution in [2.75, 3.05) is 6.54 Å². The molecular formula is C6H11NO. The highest BCUT2D eigenvalue weighted by Crippen LogP contribution is 2.42. The zero-order valence-electron chi connectivity index (χ0n) is 4.85. The molecular weight excluding hydrogens is 102 g/mol. The first kappa shape index (κ1) is 4.77. The summed E-state index contributed by atoms with van der Waals surface area (Å²) in [6, 6.07) is 0. The van der Waals surface area contributed by atoms with Gasteiger partial charge in [-0.15, -0.1) is 0 Å². The number of β-amino-alcohol motifs (C(OH)–C–C–N with tert-alkyl or cyclic N) is 1. The fourth-order valence-corrected chi connectivity index (χ4v) is 1.46. The predicted octanol–water partition coefficient (Wildman–Crippen LogP) is -0.127. The highest BCUT2D eigenvalue weighted by atomic mass is 16.3. The third kappa shape index (κ3) is 0.565. The smallest absolute Gasteiger partial charge is 0.0682 e. The van der Waals surface area contributed by atoms with E-state index >= 15 is 0 Å². The van der Waals surface area contributed by atoms with Crippen LogP contribution in [0.2, 0.25) is 0 Å². The van der Waals surface area contributed by atoms with Gasteiger partial charge in [0.05, 0.1) is 6.10 Å². The summed E-state index contributed by atoms with van der Waals surface area (Å²) in [4.78, 5) is 0. The number of aliphatic hydroxyl groups is 1. The van der Waals surface area contributed by atoms with Gasteiger partial charge in [-0.2, -0.15) is 0 Å². The number of rotatable bonds is 0. The van der Waals surface area contributed by atoms with Crippen LogP contribution in [-0.4, -0.2) is 23.3 Å². The lowest BCUT2D eigenvalue weighted by atomic mass is 10.2. The van der Waals surface area contributed by atoms with Crippen LogP contribution >= 0.6 is 0 Å². The molecule has 8 heavy (non-hydrogen) atoms. The van der Waals surface area contributed by atoms with Crippen molar-refractivity contribution in [1.29, 1.82) is 0 Å². The summed E-state index contributed by atoms with van der Waals surface area (Å²) < 4.78 is 0. The minimum atomic E-state index is -0.0579. The summed E-state index contributed by atoms with van der Waals surface area (Å²) >= 11 is 0. The van der Waals surface area contributed by atoms with Gasteiger partial charge in [-0.05, 0) is 19.3 Å². The van der Waals surface area contributed by atoms with Gasteiger partial charge in [0.15, 0.2) is 0 Å². The van der Waals surface area contributed by atoms with Gasteiger partial charge in [0.1, 0.15) is 0 Å². The Hall–Kier alpha value is -0.0800. The minimum absolute atomic E-state index is 0.0579. The normalized spacial score (nSPS) is 40.9. The molecule has 1 spiro atoms. The van der Waals surface area contributed by atoms with Gasteiger partial charge >= 0.3 is 0 Å². The van der Waals surface area contributed by atoms with Gasteiger partial charge in [0, 0.05) is 12.1 Å². The lowest BCUT2D eigenvalue weighted by Crippen LogP contribution is -2.22. The molecule has 46 valence electrons. The van der Waals surface area contributed by atoms with Gasteiger partial charge < -0.3 is 10.4 Å². The van der Waals surface area contributed by atoms with Crippen LogP contribution in [0.4, 0.5) is 0 Å². The molecule has 0 aromatic carbocycles. The van der Waals surface area contributed by atoms with E-state index in [0.29, 0.717) is 5.54 Å². The van der Waals surface area contributed by atoms with Crippen molar-refractivity contribution in [2.45, 2.75) is 30.9 Å². The van der Waals surface area contributed by atoms with Crippen molar-refractivity contribution in [3.05, 3.63) is 0 Å². The van der Waals surface area contributed by atoms with Crippen LogP contribution in [0.1, 0.15) is 19.3 Å². The molecule has 0 amide bonds. The maximum atomic E-state index is 9.04. The van der Waals surface area contributed by atoms with Gasteiger partial charge in [-0.3, -0.25) is 0 Å². The third-order valence-electron chi connectivity index (χ3n) is 2.19. The van der Waals surface area contributed by atoms with Crippen molar-refractivity contribution in [3.63, 3.8) is 0 Å². The zero-order chi connectivity index (χ0) is 5.61. The first-order chi connectivity index (χ1) is 3.81. The van der Waals surface area contributed by atoms with Crippen molar-refractivity contribution >= 4 is 0 Å². The van der Waals surface area contributed by atoms with E-state index in [1.807, 2.05) is 0 Å². The molecule has 1 saturated carbocycles. The molecule has 1 atom stereocenters. The number of hydrogen-bond donors (Lipinski definition) is 2. The Labute approximate surface area is 48.9 Å². The highest BCUT2D eigenvalue weighted by Gasteiger charge is 2.47. The predicted molar refractivity (Wildman–Crippen MR) is 30.6 cm³/mol. The summed E-state index contributed by atoms with van der Waals surface area (Å²) in [7, 11) is 0. The summed E-state index contributed by atoms with van der Waals surface area (Å²) in [5.41, 5.74) is 0.416. The molecule has 1 unspecified atom stereocenters. The molecule has 2 fully saturated rings. The molecule has 2 rings (SSSR count). The van der Waals surface area contributed by atoms with Crippen LogP contribution < -0.4 is 5.32 Å². The standard InChI is InChI=1S/C6H11NO/c8-5-3-6(1-2-6)7-4-5/h5,7-8H,1-4H2. The van der Waals surface area contributed by atoms with E-state index in [9.17, 15) is 0 Å². The van der Waals surface area contributed by atoms with E-state index in [1.165, 1.54) is 12.8 Å². The first-order valence-corrected chi connectivity index (χ1v) is 3.24. The lowest BCUT2D eigenvalue weighted by molar-refractivity contribution is 0.192. The Morgan fingerprint density at radius 2 is 2.25 bits per heavy atom. The maximum Gasteiger partial charge on any atom is 0.0682 e. The van der Waals surface area contributed by atoms with Crippen LogP contribution in [0.3, 0.4) is 0 Å². The van der Waals surface area contributed by atoms with Crippen molar-refractivity contribution in [1.82, 2.24) is 5.32 Å². The second kappa shape index (κ2) is 1.25. The van der Waals surface area contributed by atoms with Crippen molar-refractivity contribution in [2.24, 2.45) is 0 Å². The zero-order valence-corrected chi connectivity index (χ0v) is 4.85. The second-order valence-corrected chi connectivity index (χ2v) is 3.02. The molecule has 0 bridgehead atoms. The molecule has 2 heteroatoms. The molecule has 2 N–H and O–H groups in total. The quantitative estimate of drug-likeness (QED) is 0.459. The molecule has 1 heterocycles. The van der Waals surface area contributed by atoms with E-state index in [-0.39, 0.29) is 6.10 Å². The molecule has 0 aromatic rings. The third-order valence-corrected chi connectivity index (χ3v) is 2.19. The Balaban J connectivity index is 2.03. The van der Waals surface area contributed by atoms with Gasteiger partial charge in [-0.1, -0.05) is 0 Å². The van der Waals surface area contributed by atoms with Crippen LogP contribution in [-0.2, 0) is 0 Å². The lowest BCUT2D eigenvalue weighted by Gasteiger charge is -2.01. The van der Waals surface area contributed by atoms with Crippen molar-refractivity contribution in [3.8, 4) is 0 Å². The van der Waals surface area contributed by atoms with Crippen LogP contribution in [0.25, 0.3) is 0 Å². The average molecular weight is 113 g/mol. The van der Waals surface area contributed by atoms with E-state index in [0.717, 1.165) is 13.0 Å². The SMILES string of the molecule is OC1CNC2(CC2)C1. The summed E-state index contributed by atoms with van der Waals surface area (Å²) in [6.07, 6.45) is 3.50. The largest absolute Gasteiger partial charge is 0.392 e. The number of hydrogen-bond acceptors (Lipinski definition) is 2. The topological polar surface area (TPSA) is 32.3 Å². The van der Waals surface area contributed by atoms with Crippen LogP contribution in [0, 0.1) is 0 Å². The Kier molecular flexibility index (Phi) is 0.746. The first-order valence-electron chi connectivity index (χ1n) is 3.24. The van der Waals surface area contributed by atoms with Crippen molar-refractivity contribution < 1.29 is 5.11 Å². The maximum absolute atomic E-state index is 9.04. The molecule has 2 aliphatic rings.